The van der Waals surface area contributed by atoms with Crippen molar-refractivity contribution in [3.63, 3.8) is 0 Å². The molecule has 0 unspecified atom stereocenters. The Hall–Kier alpha value is -2.21. The van der Waals surface area contributed by atoms with E-state index in [2.05, 4.69) is 48.0 Å². The smallest absolute Gasteiger partial charge is 0.241 e. The first-order valence-electron chi connectivity index (χ1n) is 9.86. The molecular weight excluding hydrogens is 340 g/mol. The molecule has 0 N–H and O–H groups in total. The van der Waals surface area contributed by atoms with Crippen LogP contribution in [0.15, 0.2) is 28.7 Å². The van der Waals surface area contributed by atoms with Crippen molar-refractivity contribution in [3.05, 3.63) is 41.6 Å². The van der Waals surface area contributed by atoms with Gasteiger partial charge in [-0.3, -0.25) is 9.69 Å². The zero-order valence-electron chi connectivity index (χ0n) is 16.4. The summed E-state index contributed by atoms with van der Waals surface area (Å²) in [5, 5.41) is 8.48. The van der Waals surface area contributed by atoms with Gasteiger partial charge in [0.2, 0.25) is 17.7 Å². The topological polar surface area (TPSA) is 62.5 Å². The summed E-state index contributed by atoms with van der Waals surface area (Å²) >= 11 is 0. The highest BCUT2D eigenvalue weighted by Crippen LogP contribution is 2.31. The van der Waals surface area contributed by atoms with Crippen molar-refractivity contribution in [1.82, 2.24) is 15.1 Å². The molecule has 0 atom stereocenters. The fraction of sp³-hybridized carbons (Fsp3) is 0.571. The van der Waals surface area contributed by atoms with Gasteiger partial charge in [0.1, 0.15) is 0 Å². The Bertz CT molecular complexity index is 816. The van der Waals surface area contributed by atoms with Crippen LogP contribution in [-0.2, 0) is 16.6 Å². The molecule has 0 radical (unpaired) electrons. The lowest BCUT2D eigenvalue weighted by molar-refractivity contribution is -0.119. The molecule has 27 heavy (non-hydrogen) atoms. The van der Waals surface area contributed by atoms with E-state index < -0.39 is 0 Å². The van der Waals surface area contributed by atoms with Gasteiger partial charge >= 0.3 is 0 Å². The molecule has 1 fully saturated rings. The largest absolute Gasteiger partial charge is 0.424 e. The first-order valence-corrected chi connectivity index (χ1v) is 9.86. The Morgan fingerprint density at radius 1 is 1.15 bits per heavy atom. The lowest BCUT2D eigenvalue weighted by Gasteiger charge is -2.31. The first-order chi connectivity index (χ1) is 12.9. The number of aromatic nitrogens is 2. The summed E-state index contributed by atoms with van der Waals surface area (Å²) in [6.07, 6.45) is 2.86. The van der Waals surface area contributed by atoms with Crippen LogP contribution < -0.4 is 4.90 Å². The summed E-state index contributed by atoms with van der Waals surface area (Å²) in [7, 11) is 0. The quantitative estimate of drug-likeness (QED) is 0.833. The molecule has 3 heterocycles. The zero-order chi connectivity index (χ0) is 19.0. The predicted molar refractivity (Wildman–Crippen MR) is 104 cm³/mol. The molecule has 1 aromatic carbocycles. The molecule has 1 aromatic heterocycles. The van der Waals surface area contributed by atoms with Crippen molar-refractivity contribution in [2.45, 2.75) is 51.4 Å². The van der Waals surface area contributed by atoms with Crippen LogP contribution in [0.2, 0.25) is 0 Å². The molecule has 2 aliphatic rings. The van der Waals surface area contributed by atoms with E-state index in [1.807, 2.05) is 17.0 Å². The van der Waals surface area contributed by atoms with Crippen LogP contribution in [0.5, 0.6) is 0 Å². The van der Waals surface area contributed by atoms with Gasteiger partial charge in [0.25, 0.3) is 0 Å². The fourth-order valence-electron chi connectivity index (χ4n) is 3.91. The summed E-state index contributed by atoms with van der Waals surface area (Å²) < 4.78 is 5.91. The van der Waals surface area contributed by atoms with E-state index in [9.17, 15) is 4.79 Å². The number of hydrogen-bond acceptors (Lipinski definition) is 5. The lowest BCUT2D eigenvalue weighted by atomic mass is 9.96. The minimum Gasteiger partial charge on any atom is -0.424 e. The summed E-state index contributed by atoms with van der Waals surface area (Å²) in [5.41, 5.74) is 2.23. The molecule has 0 spiro atoms. The third-order valence-corrected chi connectivity index (χ3v) is 5.57. The number of amides is 1. The Labute approximate surface area is 160 Å². The first kappa shape index (κ1) is 18.2. The molecular formula is C21H28N4O2. The number of hydrogen-bond donors (Lipinski definition) is 0. The third-order valence-electron chi connectivity index (χ3n) is 5.57. The second-order valence-corrected chi connectivity index (χ2v) is 8.67. The average molecular weight is 368 g/mol. The van der Waals surface area contributed by atoms with Gasteiger partial charge in [-0.1, -0.05) is 39.0 Å². The summed E-state index contributed by atoms with van der Waals surface area (Å²) in [6.45, 7) is 9.29. The monoisotopic (exact) mass is 368 g/mol. The minimum absolute atomic E-state index is 0.121. The molecule has 0 bridgehead atoms. The van der Waals surface area contributed by atoms with Gasteiger partial charge in [0.15, 0.2) is 0 Å². The van der Waals surface area contributed by atoms with Crippen molar-refractivity contribution in [3.8, 4) is 0 Å². The molecule has 1 amide bonds. The average Bonchev–Trinajstić information content (AvgIpc) is 3.29. The van der Waals surface area contributed by atoms with Gasteiger partial charge in [-0.25, -0.2) is 0 Å². The number of carbonyl (C=O) groups excluding carboxylic acids is 1. The Balaban J connectivity index is 1.32. The van der Waals surface area contributed by atoms with Crippen molar-refractivity contribution < 1.29 is 9.21 Å². The minimum atomic E-state index is -0.121. The van der Waals surface area contributed by atoms with Gasteiger partial charge < -0.3 is 9.32 Å². The SMILES string of the molecule is CC(C)(C)c1nnc(C2CCN(CC(=O)N3CCc4ccccc43)CC2)o1. The lowest BCUT2D eigenvalue weighted by Crippen LogP contribution is -2.42. The third kappa shape index (κ3) is 3.76. The number of anilines is 1. The number of piperidine rings is 1. The summed E-state index contributed by atoms with van der Waals surface area (Å²) in [6, 6.07) is 8.21. The number of likely N-dealkylation sites (tertiary alicyclic amines) is 1. The molecule has 0 saturated carbocycles. The number of rotatable bonds is 3. The summed E-state index contributed by atoms with van der Waals surface area (Å²) in [5.74, 6) is 1.95. The highest BCUT2D eigenvalue weighted by Gasteiger charge is 2.30. The molecule has 2 aliphatic heterocycles. The van der Waals surface area contributed by atoms with Crippen molar-refractivity contribution in [2.75, 3.05) is 31.1 Å². The standard InChI is InChI=1S/C21H28N4O2/c1-21(2,3)20-23-22-19(27-20)16-8-11-24(12-9-16)14-18(26)25-13-10-15-6-4-5-7-17(15)25/h4-7,16H,8-14H2,1-3H3. The van der Waals surface area contributed by atoms with Crippen molar-refractivity contribution in [1.29, 1.82) is 0 Å². The molecule has 4 rings (SSSR count). The second-order valence-electron chi connectivity index (χ2n) is 8.67. The fourth-order valence-corrected chi connectivity index (χ4v) is 3.91. The van der Waals surface area contributed by atoms with Crippen LogP contribution in [0.1, 0.15) is 56.9 Å². The Kier molecular flexibility index (Phi) is 4.76. The van der Waals surface area contributed by atoms with Gasteiger partial charge in [0, 0.05) is 23.6 Å². The number of nitrogens with zero attached hydrogens (tertiary/aromatic N) is 4. The zero-order valence-corrected chi connectivity index (χ0v) is 16.4. The highest BCUT2D eigenvalue weighted by molar-refractivity contribution is 5.96. The van der Waals surface area contributed by atoms with Crippen LogP contribution in [0, 0.1) is 0 Å². The van der Waals surface area contributed by atoms with E-state index in [0.717, 1.165) is 50.5 Å². The van der Waals surface area contributed by atoms with Crippen LogP contribution in [0.25, 0.3) is 0 Å². The number of benzene rings is 1. The molecule has 2 aromatic rings. The second kappa shape index (κ2) is 7.08. The predicted octanol–water partition coefficient (Wildman–Crippen LogP) is 3.14. The van der Waals surface area contributed by atoms with Crippen LogP contribution in [-0.4, -0.2) is 47.2 Å². The van der Waals surface area contributed by atoms with E-state index in [0.29, 0.717) is 18.4 Å². The number of carbonyl (C=O) groups is 1. The van der Waals surface area contributed by atoms with Gasteiger partial charge in [0.05, 0.1) is 6.54 Å². The van der Waals surface area contributed by atoms with Gasteiger partial charge in [-0.2, -0.15) is 0 Å². The van der Waals surface area contributed by atoms with Crippen LogP contribution in [0.3, 0.4) is 0 Å². The molecule has 6 heteroatoms. The normalized spacial score (nSPS) is 18.7. The maximum absolute atomic E-state index is 12.8. The van der Waals surface area contributed by atoms with E-state index in [1.165, 1.54) is 5.56 Å². The van der Waals surface area contributed by atoms with Crippen molar-refractivity contribution >= 4 is 11.6 Å². The Morgan fingerprint density at radius 2 is 1.89 bits per heavy atom. The maximum atomic E-state index is 12.8. The van der Waals surface area contributed by atoms with Crippen molar-refractivity contribution in [2.24, 2.45) is 0 Å². The Morgan fingerprint density at radius 3 is 2.59 bits per heavy atom. The van der Waals surface area contributed by atoms with E-state index in [1.54, 1.807) is 0 Å². The number of fused-ring (bicyclic) bond motifs is 1. The highest BCUT2D eigenvalue weighted by atomic mass is 16.4. The van der Waals surface area contributed by atoms with E-state index in [4.69, 9.17) is 4.42 Å². The molecule has 144 valence electrons. The van der Waals surface area contributed by atoms with E-state index in [-0.39, 0.29) is 11.3 Å². The van der Waals surface area contributed by atoms with E-state index >= 15 is 0 Å². The maximum Gasteiger partial charge on any atom is 0.241 e. The number of para-hydroxylation sites is 1. The van der Waals surface area contributed by atoms with Crippen LogP contribution in [0.4, 0.5) is 5.69 Å². The van der Waals surface area contributed by atoms with Gasteiger partial charge in [-0.05, 0) is 44.0 Å². The van der Waals surface area contributed by atoms with Crippen LogP contribution >= 0.6 is 0 Å². The molecule has 1 saturated heterocycles. The molecule has 6 nitrogen and oxygen atoms in total. The molecule has 0 aliphatic carbocycles. The van der Waals surface area contributed by atoms with Gasteiger partial charge in [-0.15, -0.1) is 10.2 Å². The summed E-state index contributed by atoms with van der Waals surface area (Å²) in [4.78, 5) is 17.0.